The molecule has 0 fully saturated rings. The first-order valence-electron chi connectivity index (χ1n) is 4.11. The summed E-state index contributed by atoms with van der Waals surface area (Å²) in [5.74, 6) is 0. The zero-order valence-corrected chi connectivity index (χ0v) is 8.14. The van der Waals surface area contributed by atoms with Crippen LogP contribution in [0.4, 0.5) is 0 Å². The highest BCUT2D eigenvalue weighted by molar-refractivity contribution is 7.95. The summed E-state index contributed by atoms with van der Waals surface area (Å²) in [5, 5.41) is 0. The second-order valence-electron chi connectivity index (χ2n) is 3.19. The second-order valence-corrected chi connectivity index (χ2v) is 5.19. The lowest BCUT2D eigenvalue weighted by Crippen LogP contribution is -1.97. The van der Waals surface area contributed by atoms with Crippen molar-refractivity contribution in [1.29, 1.82) is 0 Å². The second kappa shape index (κ2) is 2.70. The Bertz CT molecular complexity index is 452. The Morgan fingerprint density at radius 1 is 1.15 bits per heavy atom. The molecule has 0 unspecified atom stereocenters. The van der Waals surface area contributed by atoms with Gasteiger partial charge in [0.2, 0.25) is 9.84 Å². The van der Waals surface area contributed by atoms with Crippen molar-refractivity contribution in [2.75, 3.05) is 0 Å². The summed E-state index contributed by atoms with van der Waals surface area (Å²) < 4.78 is 23.3. The van der Waals surface area contributed by atoms with Gasteiger partial charge in [0.1, 0.15) is 0 Å². The average Bonchev–Trinajstić information content (AvgIpc) is 2.87. The number of hydrogen-bond donors (Lipinski definition) is 0. The van der Waals surface area contributed by atoms with Crippen LogP contribution in [0.15, 0.2) is 40.1 Å². The van der Waals surface area contributed by atoms with Gasteiger partial charge in [0.15, 0.2) is 0 Å². The van der Waals surface area contributed by atoms with Crippen molar-refractivity contribution < 1.29 is 8.42 Å². The van der Waals surface area contributed by atoms with E-state index in [2.05, 4.69) is 0 Å². The smallest absolute Gasteiger partial charge is 0.202 e. The Morgan fingerprint density at radius 3 is 2.15 bits per heavy atom. The fraction of sp³-hybridized carbons (Fsp3) is 0.200. The summed E-state index contributed by atoms with van der Waals surface area (Å²) >= 11 is 0. The minimum atomic E-state index is -3.12. The molecule has 1 aromatic rings. The third-order valence-corrected chi connectivity index (χ3v) is 3.96. The third kappa shape index (κ3) is 1.52. The lowest BCUT2D eigenvalue weighted by Gasteiger charge is -1.99. The van der Waals surface area contributed by atoms with E-state index in [0.717, 1.165) is 5.56 Å². The van der Waals surface area contributed by atoms with Crippen LogP contribution in [-0.2, 0) is 9.84 Å². The van der Waals surface area contributed by atoms with Crippen LogP contribution in [0.2, 0.25) is 0 Å². The highest BCUT2D eigenvalue weighted by Gasteiger charge is 2.25. The highest BCUT2D eigenvalue weighted by Crippen LogP contribution is 2.31. The summed E-state index contributed by atoms with van der Waals surface area (Å²) in [6, 6.07) is 6.94. The maximum absolute atomic E-state index is 11.6. The normalized spacial score (nSPS) is 15.3. The lowest BCUT2D eigenvalue weighted by atomic mass is 10.2. The maximum Gasteiger partial charge on any atom is 0.202 e. The molecule has 0 atom stereocenters. The first-order chi connectivity index (χ1) is 6.10. The summed E-state index contributed by atoms with van der Waals surface area (Å²) in [6.45, 7) is 1.94. The Balaban J connectivity index is 2.46. The topological polar surface area (TPSA) is 34.1 Å². The maximum atomic E-state index is 11.6. The van der Waals surface area contributed by atoms with Crippen molar-refractivity contribution in [3.63, 3.8) is 0 Å². The molecule has 0 radical (unpaired) electrons. The average molecular weight is 194 g/mol. The standard InChI is InChI=1S/C10H10O2S/c1-8-2-4-9(5-3-8)13(11,12)10-6-7-10/h2-6H,7H2,1H3. The Hall–Kier alpha value is -1.09. The molecule has 2 nitrogen and oxygen atoms in total. The molecule has 1 aromatic carbocycles. The van der Waals surface area contributed by atoms with Gasteiger partial charge in [-0.15, -0.1) is 0 Å². The number of hydrogen-bond acceptors (Lipinski definition) is 2. The predicted molar refractivity (Wildman–Crippen MR) is 51.1 cm³/mol. The molecule has 0 heterocycles. The fourth-order valence-electron chi connectivity index (χ4n) is 1.13. The Morgan fingerprint density at radius 2 is 1.69 bits per heavy atom. The molecule has 0 bridgehead atoms. The lowest BCUT2D eigenvalue weighted by molar-refractivity contribution is 0.603. The Kier molecular flexibility index (Phi) is 1.77. The quantitative estimate of drug-likeness (QED) is 0.722. The summed E-state index contributed by atoms with van der Waals surface area (Å²) in [6.07, 6.45) is 2.35. The van der Waals surface area contributed by atoms with E-state index in [4.69, 9.17) is 0 Å². The van der Waals surface area contributed by atoms with E-state index in [1.807, 2.05) is 19.1 Å². The van der Waals surface area contributed by atoms with Gasteiger partial charge in [0, 0.05) is 11.3 Å². The molecule has 2 rings (SSSR count). The summed E-state index contributed by atoms with van der Waals surface area (Å²) in [4.78, 5) is 0.957. The third-order valence-electron chi connectivity index (χ3n) is 2.05. The fourth-order valence-corrected chi connectivity index (χ4v) is 2.45. The van der Waals surface area contributed by atoms with Gasteiger partial charge in [0.25, 0.3) is 0 Å². The van der Waals surface area contributed by atoms with Crippen molar-refractivity contribution in [2.45, 2.75) is 18.2 Å². The molecule has 0 aliphatic heterocycles. The van der Waals surface area contributed by atoms with Crippen LogP contribution in [0.5, 0.6) is 0 Å². The summed E-state index contributed by atoms with van der Waals surface area (Å²) in [5.41, 5.74) is 1.07. The first-order valence-corrected chi connectivity index (χ1v) is 5.60. The van der Waals surface area contributed by atoms with Gasteiger partial charge in [-0.3, -0.25) is 0 Å². The van der Waals surface area contributed by atoms with Crippen LogP contribution in [0.25, 0.3) is 0 Å². The van der Waals surface area contributed by atoms with E-state index in [1.54, 1.807) is 18.2 Å². The molecule has 0 spiro atoms. The molecule has 1 aliphatic rings. The zero-order chi connectivity index (χ0) is 9.47. The molecule has 0 saturated carbocycles. The molecular weight excluding hydrogens is 184 g/mol. The van der Waals surface area contributed by atoms with Crippen molar-refractivity contribution in [3.8, 4) is 0 Å². The van der Waals surface area contributed by atoms with Crippen molar-refractivity contribution in [1.82, 2.24) is 0 Å². The highest BCUT2D eigenvalue weighted by atomic mass is 32.2. The SMILES string of the molecule is Cc1ccc(S(=O)(=O)C2=CC2)cc1. The van der Waals surface area contributed by atoms with Gasteiger partial charge in [-0.25, -0.2) is 8.42 Å². The van der Waals surface area contributed by atoms with Gasteiger partial charge in [-0.2, -0.15) is 0 Å². The number of sulfone groups is 1. The van der Waals surface area contributed by atoms with E-state index in [0.29, 0.717) is 16.2 Å². The van der Waals surface area contributed by atoms with E-state index in [9.17, 15) is 8.42 Å². The van der Waals surface area contributed by atoms with Gasteiger partial charge >= 0.3 is 0 Å². The number of benzene rings is 1. The molecule has 1 aliphatic carbocycles. The van der Waals surface area contributed by atoms with Gasteiger partial charge < -0.3 is 0 Å². The number of aryl methyl sites for hydroxylation is 1. The summed E-state index contributed by atoms with van der Waals surface area (Å²) in [7, 11) is -3.12. The number of allylic oxidation sites excluding steroid dienone is 2. The largest absolute Gasteiger partial charge is 0.219 e. The molecule has 68 valence electrons. The Labute approximate surface area is 77.8 Å². The molecule has 0 N–H and O–H groups in total. The molecule has 0 aromatic heterocycles. The predicted octanol–water partition coefficient (Wildman–Crippen LogP) is 2.06. The van der Waals surface area contributed by atoms with E-state index in [-0.39, 0.29) is 0 Å². The van der Waals surface area contributed by atoms with Crippen molar-refractivity contribution in [2.24, 2.45) is 0 Å². The minimum absolute atomic E-state index is 0.404. The van der Waals surface area contributed by atoms with Gasteiger partial charge in [0.05, 0.1) is 4.90 Å². The monoisotopic (exact) mass is 194 g/mol. The first kappa shape index (κ1) is 8.51. The van der Waals surface area contributed by atoms with Crippen LogP contribution < -0.4 is 0 Å². The van der Waals surface area contributed by atoms with Gasteiger partial charge in [-0.1, -0.05) is 23.8 Å². The number of rotatable bonds is 2. The zero-order valence-electron chi connectivity index (χ0n) is 7.32. The van der Waals surface area contributed by atoms with Crippen LogP contribution in [0.1, 0.15) is 12.0 Å². The molecule has 0 saturated heterocycles. The van der Waals surface area contributed by atoms with Crippen LogP contribution >= 0.6 is 0 Å². The molecule has 13 heavy (non-hydrogen) atoms. The van der Waals surface area contributed by atoms with Crippen molar-refractivity contribution >= 4 is 9.84 Å². The van der Waals surface area contributed by atoms with Gasteiger partial charge in [-0.05, 0) is 19.1 Å². The van der Waals surface area contributed by atoms with E-state index < -0.39 is 9.84 Å². The van der Waals surface area contributed by atoms with Crippen LogP contribution in [-0.4, -0.2) is 8.42 Å². The minimum Gasteiger partial charge on any atom is -0.219 e. The van der Waals surface area contributed by atoms with Crippen LogP contribution in [0, 0.1) is 6.92 Å². The van der Waals surface area contributed by atoms with Crippen LogP contribution in [0.3, 0.4) is 0 Å². The van der Waals surface area contributed by atoms with E-state index in [1.165, 1.54) is 0 Å². The molecular formula is C10H10O2S. The van der Waals surface area contributed by atoms with E-state index >= 15 is 0 Å². The van der Waals surface area contributed by atoms with Crippen molar-refractivity contribution in [3.05, 3.63) is 40.8 Å². The molecule has 3 heteroatoms. The molecule has 0 amide bonds.